The third kappa shape index (κ3) is 2.10. The van der Waals surface area contributed by atoms with Gasteiger partial charge in [-0.05, 0) is 32.9 Å². The van der Waals surface area contributed by atoms with Gasteiger partial charge in [-0.3, -0.25) is 4.90 Å². The van der Waals surface area contributed by atoms with Gasteiger partial charge >= 0.3 is 0 Å². The van der Waals surface area contributed by atoms with Crippen molar-refractivity contribution in [1.82, 2.24) is 4.90 Å². The van der Waals surface area contributed by atoms with Crippen LogP contribution in [0.1, 0.15) is 30.8 Å². The molecule has 1 fully saturated rings. The maximum Gasteiger partial charge on any atom is 0.140 e. The molecule has 78 valence electrons. The lowest BCUT2D eigenvalue weighted by molar-refractivity contribution is 0.204. The van der Waals surface area contributed by atoms with Crippen molar-refractivity contribution in [3.05, 3.63) is 17.6 Å². The quantitative estimate of drug-likeness (QED) is 0.784. The minimum absolute atomic E-state index is 0.799. The number of hydrogen-bond donors (Lipinski definition) is 1. The summed E-state index contributed by atoms with van der Waals surface area (Å²) >= 11 is 0. The van der Waals surface area contributed by atoms with Gasteiger partial charge in [0, 0.05) is 6.07 Å². The predicted molar refractivity (Wildman–Crippen MR) is 57.0 cm³/mol. The van der Waals surface area contributed by atoms with Crippen molar-refractivity contribution in [2.45, 2.75) is 32.7 Å². The Labute approximate surface area is 84.9 Å². The fraction of sp³-hybridized carbons (Fsp3) is 0.636. The molecule has 0 saturated carbocycles. The summed E-state index contributed by atoms with van der Waals surface area (Å²) < 4.78 is 5.55. The third-order valence-electron chi connectivity index (χ3n) is 2.78. The van der Waals surface area contributed by atoms with Crippen LogP contribution in [-0.2, 0) is 6.54 Å². The summed E-state index contributed by atoms with van der Waals surface area (Å²) in [6.07, 6.45) is 3.97. The van der Waals surface area contributed by atoms with E-state index in [9.17, 15) is 0 Å². The highest BCUT2D eigenvalue weighted by Crippen LogP contribution is 2.20. The highest BCUT2D eigenvalue weighted by atomic mass is 16.3. The Morgan fingerprint density at radius 1 is 1.36 bits per heavy atom. The van der Waals surface area contributed by atoms with Gasteiger partial charge in [0.1, 0.15) is 11.5 Å². The summed E-state index contributed by atoms with van der Waals surface area (Å²) in [4.78, 5) is 2.41. The van der Waals surface area contributed by atoms with Crippen molar-refractivity contribution in [1.29, 1.82) is 0 Å². The molecule has 14 heavy (non-hydrogen) atoms. The van der Waals surface area contributed by atoms with Crippen molar-refractivity contribution in [2.75, 3.05) is 18.8 Å². The molecule has 0 radical (unpaired) electrons. The average molecular weight is 194 g/mol. The zero-order valence-corrected chi connectivity index (χ0v) is 8.75. The van der Waals surface area contributed by atoms with Gasteiger partial charge in [0.15, 0.2) is 0 Å². The first-order valence-electron chi connectivity index (χ1n) is 5.33. The highest BCUT2D eigenvalue weighted by Gasteiger charge is 2.14. The van der Waals surface area contributed by atoms with Gasteiger partial charge in [0.25, 0.3) is 0 Å². The molecule has 0 atom stereocenters. The monoisotopic (exact) mass is 194 g/mol. The molecule has 1 saturated heterocycles. The molecule has 3 nitrogen and oxygen atoms in total. The van der Waals surface area contributed by atoms with Gasteiger partial charge in [-0.15, -0.1) is 0 Å². The average Bonchev–Trinajstić information content (AvgIpc) is 2.47. The number of likely N-dealkylation sites (tertiary alicyclic amines) is 1. The number of nitrogen functional groups attached to an aromatic ring is 1. The van der Waals surface area contributed by atoms with Crippen molar-refractivity contribution >= 4 is 5.69 Å². The molecular formula is C11H18N2O. The number of anilines is 1. The fourth-order valence-corrected chi connectivity index (χ4v) is 2.03. The molecule has 1 aliphatic heterocycles. The molecule has 1 aromatic heterocycles. The van der Waals surface area contributed by atoms with E-state index in [1.807, 2.05) is 13.0 Å². The van der Waals surface area contributed by atoms with Crippen LogP contribution in [0.15, 0.2) is 10.5 Å². The van der Waals surface area contributed by atoms with Crippen LogP contribution < -0.4 is 5.73 Å². The molecule has 0 aromatic carbocycles. The number of nitrogens with zero attached hydrogens (tertiary/aromatic N) is 1. The first-order chi connectivity index (χ1) is 6.75. The molecule has 0 spiro atoms. The van der Waals surface area contributed by atoms with E-state index in [-0.39, 0.29) is 0 Å². The molecule has 0 unspecified atom stereocenters. The summed E-state index contributed by atoms with van der Waals surface area (Å²) in [7, 11) is 0. The Morgan fingerprint density at radius 3 is 2.64 bits per heavy atom. The summed E-state index contributed by atoms with van der Waals surface area (Å²) in [6, 6.07) is 1.90. The van der Waals surface area contributed by atoms with E-state index in [0.717, 1.165) is 23.8 Å². The van der Waals surface area contributed by atoms with Gasteiger partial charge in [-0.25, -0.2) is 0 Å². The number of furan rings is 1. The van der Waals surface area contributed by atoms with Crippen molar-refractivity contribution in [3.8, 4) is 0 Å². The van der Waals surface area contributed by atoms with Gasteiger partial charge < -0.3 is 10.2 Å². The Balaban J connectivity index is 1.98. The Bertz CT molecular complexity index is 300. The molecule has 2 heterocycles. The van der Waals surface area contributed by atoms with E-state index in [1.165, 1.54) is 32.4 Å². The van der Waals surface area contributed by atoms with Gasteiger partial charge in [0.2, 0.25) is 0 Å². The number of nitrogens with two attached hydrogens (primary N) is 1. The Hall–Kier alpha value is -0.960. The standard InChI is InChI=1S/C11H18N2O/c1-9-7-10(12)11(14-9)8-13-5-3-2-4-6-13/h7H,2-6,8,12H2,1H3. The van der Waals surface area contributed by atoms with E-state index >= 15 is 0 Å². The van der Waals surface area contributed by atoms with E-state index in [2.05, 4.69) is 4.90 Å². The molecular weight excluding hydrogens is 176 g/mol. The number of aryl methyl sites for hydroxylation is 1. The smallest absolute Gasteiger partial charge is 0.140 e. The van der Waals surface area contributed by atoms with E-state index in [0.29, 0.717) is 0 Å². The minimum atomic E-state index is 0.799. The summed E-state index contributed by atoms with van der Waals surface area (Å²) in [5.74, 6) is 1.85. The topological polar surface area (TPSA) is 42.4 Å². The largest absolute Gasteiger partial charge is 0.463 e. The van der Waals surface area contributed by atoms with Crippen LogP contribution in [-0.4, -0.2) is 18.0 Å². The van der Waals surface area contributed by atoms with E-state index in [1.54, 1.807) is 0 Å². The van der Waals surface area contributed by atoms with Crippen LogP contribution in [0.5, 0.6) is 0 Å². The lowest BCUT2D eigenvalue weighted by atomic mass is 10.1. The number of hydrogen-bond acceptors (Lipinski definition) is 3. The van der Waals surface area contributed by atoms with Gasteiger partial charge in [-0.2, -0.15) is 0 Å². The molecule has 2 rings (SSSR count). The molecule has 1 aromatic rings. The SMILES string of the molecule is Cc1cc(N)c(CN2CCCCC2)o1. The maximum absolute atomic E-state index is 5.84. The molecule has 2 N–H and O–H groups in total. The van der Waals surface area contributed by atoms with Gasteiger partial charge in [-0.1, -0.05) is 6.42 Å². The molecule has 0 amide bonds. The normalized spacial score (nSPS) is 18.6. The lowest BCUT2D eigenvalue weighted by Gasteiger charge is -2.25. The third-order valence-corrected chi connectivity index (χ3v) is 2.78. The fourth-order valence-electron chi connectivity index (χ4n) is 2.03. The minimum Gasteiger partial charge on any atom is -0.463 e. The molecule has 1 aliphatic rings. The van der Waals surface area contributed by atoms with Crippen LogP contribution >= 0.6 is 0 Å². The summed E-state index contributed by atoms with van der Waals surface area (Å²) in [5.41, 5.74) is 6.64. The second kappa shape index (κ2) is 4.05. The zero-order valence-electron chi connectivity index (χ0n) is 8.75. The van der Waals surface area contributed by atoms with Crippen molar-refractivity contribution < 1.29 is 4.42 Å². The zero-order chi connectivity index (χ0) is 9.97. The molecule has 3 heteroatoms. The first-order valence-corrected chi connectivity index (χ1v) is 5.33. The molecule has 0 bridgehead atoms. The molecule has 0 aliphatic carbocycles. The summed E-state index contributed by atoms with van der Waals surface area (Å²) in [5, 5.41) is 0. The van der Waals surface area contributed by atoms with Crippen LogP contribution in [0.4, 0.5) is 5.69 Å². The highest BCUT2D eigenvalue weighted by molar-refractivity contribution is 5.42. The number of rotatable bonds is 2. The van der Waals surface area contributed by atoms with Crippen LogP contribution in [0.25, 0.3) is 0 Å². The van der Waals surface area contributed by atoms with E-state index < -0.39 is 0 Å². The van der Waals surface area contributed by atoms with E-state index in [4.69, 9.17) is 10.2 Å². The van der Waals surface area contributed by atoms with Gasteiger partial charge in [0.05, 0.1) is 12.2 Å². The predicted octanol–water partition coefficient (Wildman–Crippen LogP) is 2.16. The van der Waals surface area contributed by atoms with Crippen molar-refractivity contribution in [3.63, 3.8) is 0 Å². The Kier molecular flexibility index (Phi) is 2.77. The number of piperidine rings is 1. The van der Waals surface area contributed by atoms with Crippen LogP contribution in [0.2, 0.25) is 0 Å². The van der Waals surface area contributed by atoms with Crippen molar-refractivity contribution in [2.24, 2.45) is 0 Å². The Morgan fingerprint density at radius 2 is 2.07 bits per heavy atom. The van der Waals surface area contributed by atoms with Crippen LogP contribution in [0.3, 0.4) is 0 Å². The summed E-state index contributed by atoms with van der Waals surface area (Å²) in [6.45, 7) is 5.17. The first kappa shape index (κ1) is 9.59. The lowest BCUT2D eigenvalue weighted by Crippen LogP contribution is -2.29. The second-order valence-electron chi connectivity index (χ2n) is 4.07. The maximum atomic E-state index is 5.84. The second-order valence-corrected chi connectivity index (χ2v) is 4.07. The van der Waals surface area contributed by atoms with Crippen LogP contribution in [0, 0.1) is 6.92 Å².